The molecule has 0 aliphatic carbocycles. The van der Waals surface area contributed by atoms with Gasteiger partial charge in [0.2, 0.25) is 0 Å². The van der Waals surface area contributed by atoms with E-state index in [0.29, 0.717) is 0 Å². The number of ether oxygens (including phenoxy) is 4. The number of hydrogen-bond acceptors (Lipinski definition) is 11. The minimum Gasteiger partial charge on any atom is -0.468 e. The summed E-state index contributed by atoms with van der Waals surface area (Å²) in [6.07, 6.45) is -0.707. The van der Waals surface area contributed by atoms with Crippen molar-refractivity contribution in [2.24, 2.45) is 11.8 Å². The maximum Gasteiger partial charge on any atom is 0.459 e. The SMILES string of the molecule is COC(=O)[C@@H](NP(=O)(OC[C@H]1O[C@@H](n2ccc(N)nc2=O)[C@@H]2OC(C)(C)OC[C@@H]21)Oc1ccccc1)C(C)C. The van der Waals surface area contributed by atoms with Gasteiger partial charge in [0, 0.05) is 12.1 Å². The summed E-state index contributed by atoms with van der Waals surface area (Å²) in [4.78, 5) is 28.8. The zero-order valence-corrected chi connectivity index (χ0v) is 23.4. The smallest absolute Gasteiger partial charge is 0.459 e. The molecular formula is C25H35N4O9P. The van der Waals surface area contributed by atoms with E-state index in [-0.39, 0.29) is 36.6 Å². The Balaban J connectivity index is 1.59. The first kappa shape index (κ1) is 29.2. The first-order valence-corrected chi connectivity index (χ1v) is 14.1. The maximum absolute atomic E-state index is 14.0. The number of nitrogens with zero attached hydrogens (tertiary/aromatic N) is 2. The molecule has 2 aliphatic heterocycles. The average molecular weight is 567 g/mol. The fraction of sp³-hybridized carbons (Fsp3) is 0.560. The molecule has 13 nitrogen and oxygen atoms in total. The van der Waals surface area contributed by atoms with Crippen molar-refractivity contribution >= 4 is 19.5 Å². The first-order chi connectivity index (χ1) is 18.4. The number of methoxy groups -OCH3 is 1. The van der Waals surface area contributed by atoms with Gasteiger partial charge in [-0.05, 0) is 38.0 Å². The number of anilines is 1. The third-order valence-corrected chi connectivity index (χ3v) is 7.99. The van der Waals surface area contributed by atoms with E-state index in [2.05, 4.69) is 10.1 Å². The molecule has 0 amide bonds. The van der Waals surface area contributed by atoms with E-state index in [1.54, 1.807) is 58.0 Å². The van der Waals surface area contributed by atoms with Gasteiger partial charge in [0.25, 0.3) is 0 Å². The predicted octanol–water partition coefficient (Wildman–Crippen LogP) is 2.48. The van der Waals surface area contributed by atoms with Crippen molar-refractivity contribution < 1.29 is 37.4 Å². The molecule has 1 aromatic heterocycles. The van der Waals surface area contributed by atoms with Gasteiger partial charge in [0.1, 0.15) is 23.7 Å². The zero-order chi connectivity index (χ0) is 28.4. The van der Waals surface area contributed by atoms with E-state index < -0.39 is 49.7 Å². The number of aromatic nitrogens is 2. The number of para-hydroxylation sites is 1. The van der Waals surface area contributed by atoms with Gasteiger partial charge in [-0.25, -0.2) is 9.36 Å². The molecule has 1 unspecified atom stereocenters. The summed E-state index contributed by atoms with van der Waals surface area (Å²) in [6.45, 7) is 7.07. The van der Waals surface area contributed by atoms with Crippen molar-refractivity contribution in [3.8, 4) is 5.75 Å². The Morgan fingerprint density at radius 1 is 1.28 bits per heavy atom. The molecule has 0 bridgehead atoms. The van der Waals surface area contributed by atoms with Gasteiger partial charge >= 0.3 is 19.4 Å². The molecule has 3 heterocycles. The molecule has 1 aromatic carbocycles. The van der Waals surface area contributed by atoms with Gasteiger partial charge in [-0.15, -0.1) is 0 Å². The highest BCUT2D eigenvalue weighted by atomic mass is 31.2. The van der Waals surface area contributed by atoms with Crippen molar-refractivity contribution in [3.05, 3.63) is 53.1 Å². The second-order valence-electron chi connectivity index (χ2n) is 10.1. The Labute approximate surface area is 226 Å². The van der Waals surface area contributed by atoms with Crippen molar-refractivity contribution in [1.29, 1.82) is 0 Å². The zero-order valence-electron chi connectivity index (χ0n) is 22.5. The molecule has 0 radical (unpaired) electrons. The second kappa shape index (κ2) is 11.7. The molecule has 2 aromatic rings. The summed E-state index contributed by atoms with van der Waals surface area (Å²) in [7, 11) is -2.92. The van der Waals surface area contributed by atoms with Crippen LogP contribution in [0.4, 0.5) is 5.82 Å². The lowest BCUT2D eigenvalue weighted by Gasteiger charge is -2.39. The number of fused-ring (bicyclic) bond motifs is 1. The maximum atomic E-state index is 14.0. The minimum atomic E-state index is -4.16. The second-order valence-corrected chi connectivity index (χ2v) is 11.8. The van der Waals surface area contributed by atoms with E-state index in [9.17, 15) is 14.2 Å². The topological polar surface area (TPSA) is 162 Å². The fourth-order valence-electron chi connectivity index (χ4n) is 4.45. The predicted molar refractivity (Wildman–Crippen MR) is 140 cm³/mol. The highest BCUT2D eigenvalue weighted by Gasteiger charge is 2.53. The summed E-state index contributed by atoms with van der Waals surface area (Å²) in [6, 6.07) is 8.95. The number of esters is 1. The summed E-state index contributed by atoms with van der Waals surface area (Å²) in [5.41, 5.74) is 5.05. The Morgan fingerprint density at radius 3 is 2.64 bits per heavy atom. The summed E-state index contributed by atoms with van der Waals surface area (Å²) in [5, 5.41) is 2.74. The third-order valence-electron chi connectivity index (χ3n) is 6.46. The van der Waals surface area contributed by atoms with Crippen LogP contribution < -0.4 is 21.0 Å². The number of nitrogen functional groups attached to an aromatic ring is 1. The van der Waals surface area contributed by atoms with Gasteiger partial charge in [0.15, 0.2) is 12.0 Å². The van der Waals surface area contributed by atoms with Crippen LogP contribution in [0.2, 0.25) is 0 Å². The van der Waals surface area contributed by atoms with E-state index in [0.717, 1.165) is 0 Å². The Bertz CT molecular complexity index is 1260. The number of rotatable bonds is 10. The van der Waals surface area contributed by atoms with Crippen molar-refractivity contribution in [3.63, 3.8) is 0 Å². The van der Waals surface area contributed by atoms with Crippen LogP contribution in [0.3, 0.4) is 0 Å². The van der Waals surface area contributed by atoms with Crippen LogP contribution in [0.15, 0.2) is 47.4 Å². The number of nitrogens with two attached hydrogens (primary N) is 1. The number of carbonyl (C=O) groups excluding carboxylic acids is 1. The number of benzene rings is 1. The fourth-order valence-corrected chi connectivity index (χ4v) is 6.11. The van der Waals surface area contributed by atoms with Crippen molar-refractivity contribution in [2.45, 2.75) is 58.0 Å². The molecule has 2 aliphatic rings. The average Bonchev–Trinajstić information content (AvgIpc) is 3.22. The molecule has 6 atom stereocenters. The summed E-state index contributed by atoms with van der Waals surface area (Å²) >= 11 is 0. The highest BCUT2D eigenvalue weighted by Crippen LogP contribution is 2.48. The molecule has 0 spiro atoms. The Kier molecular flexibility index (Phi) is 8.79. The monoisotopic (exact) mass is 566 g/mol. The van der Waals surface area contributed by atoms with E-state index >= 15 is 0 Å². The number of nitrogens with one attached hydrogen (secondary N) is 1. The molecule has 214 valence electrons. The van der Waals surface area contributed by atoms with Crippen LogP contribution in [-0.2, 0) is 32.8 Å². The van der Waals surface area contributed by atoms with Crippen LogP contribution in [0.1, 0.15) is 33.9 Å². The van der Waals surface area contributed by atoms with E-state index in [1.165, 1.54) is 23.9 Å². The lowest BCUT2D eigenvalue weighted by molar-refractivity contribution is -0.295. The van der Waals surface area contributed by atoms with Crippen LogP contribution in [0, 0.1) is 11.8 Å². The van der Waals surface area contributed by atoms with Crippen LogP contribution >= 0.6 is 7.75 Å². The van der Waals surface area contributed by atoms with Gasteiger partial charge in [-0.1, -0.05) is 32.0 Å². The van der Waals surface area contributed by atoms with Gasteiger partial charge in [-0.3, -0.25) is 13.9 Å². The van der Waals surface area contributed by atoms with Crippen LogP contribution in [0.25, 0.3) is 0 Å². The molecular weight excluding hydrogens is 531 g/mol. The quantitative estimate of drug-likeness (QED) is 0.320. The Morgan fingerprint density at radius 2 is 2.00 bits per heavy atom. The molecule has 2 fully saturated rings. The molecule has 3 N–H and O–H groups in total. The van der Waals surface area contributed by atoms with E-state index in [1.807, 2.05) is 0 Å². The largest absolute Gasteiger partial charge is 0.468 e. The lowest BCUT2D eigenvalue weighted by Crippen LogP contribution is -2.49. The summed E-state index contributed by atoms with van der Waals surface area (Å²) < 4.78 is 50.1. The number of hydrogen-bond donors (Lipinski definition) is 2. The first-order valence-electron chi connectivity index (χ1n) is 12.6. The summed E-state index contributed by atoms with van der Waals surface area (Å²) in [5.74, 6) is -1.88. The van der Waals surface area contributed by atoms with Crippen molar-refractivity contribution in [2.75, 3.05) is 26.1 Å². The third kappa shape index (κ3) is 6.86. The minimum absolute atomic E-state index is 0.0780. The van der Waals surface area contributed by atoms with E-state index in [4.69, 9.17) is 33.7 Å². The normalized spacial score (nSPS) is 26.4. The molecule has 14 heteroatoms. The highest BCUT2D eigenvalue weighted by molar-refractivity contribution is 7.52. The van der Waals surface area contributed by atoms with Crippen LogP contribution in [-0.4, -0.2) is 59.9 Å². The Hall–Kier alpha value is -2.80. The molecule has 4 rings (SSSR count). The van der Waals surface area contributed by atoms with Gasteiger partial charge in [-0.2, -0.15) is 10.1 Å². The molecule has 0 saturated carbocycles. The lowest BCUT2D eigenvalue weighted by atomic mass is 9.97. The van der Waals surface area contributed by atoms with Crippen LogP contribution in [0.5, 0.6) is 5.75 Å². The van der Waals surface area contributed by atoms with Crippen molar-refractivity contribution in [1.82, 2.24) is 14.6 Å². The van der Waals surface area contributed by atoms with Gasteiger partial charge < -0.3 is 29.2 Å². The standard InChI is InChI=1S/C25H35N4O9P/c1-15(2)20(23(30)33-5)28-39(32,38-16-9-7-6-8-10-16)35-14-18-17-13-34-25(3,4)37-21(17)22(36-18)29-12-11-19(26)27-24(29)31/h6-12,15,17-18,20-22H,13-14H2,1-5H3,(H,28,32)(H2,26,27,31)/t17-,18-,20+,21-,22-,39?/m1/s1. The molecule has 2 saturated heterocycles. The molecule has 39 heavy (non-hydrogen) atoms. The number of carbonyl (C=O) groups is 1. The van der Waals surface area contributed by atoms with Gasteiger partial charge in [0.05, 0.1) is 26.4 Å².